The Morgan fingerprint density at radius 3 is 2.26 bits per heavy atom. The number of anilines is 2. The Kier molecular flexibility index (Phi) is 8.40. The molecular weight excluding hydrogens is 594 g/mol. The van der Waals surface area contributed by atoms with Crippen LogP contribution < -0.4 is 20.1 Å². The third-order valence-corrected chi connectivity index (χ3v) is 9.86. The second kappa shape index (κ2) is 11.3. The number of urea groups is 1. The minimum Gasteiger partial charge on any atom is -0.375 e. The Balaban J connectivity index is 2.01. The maximum absolute atomic E-state index is 14.4. The third-order valence-electron chi connectivity index (χ3n) is 5.85. The van der Waals surface area contributed by atoms with Gasteiger partial charge in [0.1, 0.15) is 20.6 Å². The van der Waals surface area contributed by atoms with Gasteiger partial charge < -0.3 is 15.2 Å². The number of piperazine rings is 1. The van der Waals surface area contributed by atoms with Gasteiger partial charge in [0.05, 0.1) is 16.4 Å². The van der Waals surface area contributed by atoms with Gasteiger partial charge in [-0.3, -0.25) is 4.90 Å². The van der Waals surface area contributed by atoms with E-state index in [0.717, 1.165) is 28.1 Å². The molecule has 10 nitrogen and oxygen atoms in total. The minimum absolute atomic E-state index is 0.0578. The predicted octanol–water partition coefficient (Wildman–Crippen LogP) is 4.02. The Bertz CT molecular complexity index is 1630. The molecule has 15 heteroatoms. The summed E-state index contributed by atoms with van der Waals surface area (Å²) in [4.78, 5) is 12.3. The Labute approximate surface area is 235 Å². The minimum atomic E-state index is -4.68. The van der Waals surface area contributed by atoms with Crippen molar-refractivity contribution < 1.29 is 30.2 Å². The average molecular weight is 618 g/mol. The maximum atomic E-state index is 14.4. The lowest BCUT2D eigenvalue weighted by molar-refractivity contribution is 0.256. The molecule has 3 N–H and O–H groups in total. The molecule has 3 aromatic carbocycles. The molecule has 1 fully saturated rings. The fourth-order valence-corrected chi connectivity index (χ4v) is 7.21. The van der Waals surface area contributed by atoms with Crippen LogP contribution in [0.2, 0.25) is 10.0 Å². The van der Waals surface area contributed by atoms with Crippen molar-refractivity contribution in [1.29, 1.82) is 0 Å². The van der Waals surface area contributed by atoms with Crippen molar-refractivity contribution in [2.45, 2.75) is 16.7 Å². The first kappa shape index (κ1) is 29.1. The molecule has 0 aliphatic carbocycles. The van der Waals surface area contributed by atoms with E-state index in [0.29, 0.717) is 18.0 Å². The van der Waals surface area contributed by atoms with Crippen molar-refractivity contribution in [3.63, 3.8) is 0 Å². The van der Waals surface area contributed by atoms with Gasteiger partial charge in [0, 0.05) is 26.2 Å². The molecule has 1 saturated heterocycles. The van der Waals surface area contributed by atoms with Crippen molar-refractivity contribution >= 4 is 60.7 Å². The van der Waals surface area contributed by atoms with Crippen molar-refractivity contribution in [3.8, 4) is 5.75 Å². The fourth-order valence-electron chi connectivity index (χ4n) is 3.93. The topological polar surface area (TPSA) is 139 Å². The summed E-state index contributed by atoms with van der Waals surface area (Å²) in [5, 5.41) is 2.13. The molecule has 0 radical (unpaired) electrons. The first-order chi connectivity index (χ1) is 18.3. The summed E-state index contributed by atoms with van der Waals surface area (Å²) in [5.41, 5.74) is 5.66. The Morgan fingerprint density at radius 2 is 1.64 bits per heavy atom. The van der Waals surface area contributed by atoms with Crippen molar-refractivity contribution in [2.24, 2.45) is 5.73 Å². The molecule has 3 aromatic rings. The zero-order valence-corrected chi connectivity index (χ0v) is 23.5. The molecule has 1 aliphatic rings. The van der Waals surface area contributed by atoms with Gasteiger partial charge in [-0.15, -0.1) is 0 Å². The zero-order chi connectivity index (χ0) is 28.5. The number of aryl methyl sites for hydroxylation is 1. The number of rotatable bonds is 7. The Morgan fingerprint density at radius 1 is 1.00 bits per heavy atom. The number of halogens is 3. The fraction of sp³-hybridized carbons (Fsp3) is 0.208. The normalized spacial score (nSPS) is 14.7. The molecule has 0 saturated carbocycles. The van der Waals surface area contributed by atoms with Crippen molar-refractivity contribution in [1.82, 2.24) is 9.62 Å². The number of nitrogens with one attached hydrogen (secondary N) is 1. The van der Waals surface area contributed by atoms with Crippen LogP contribution in [-0.2, 0) is 20.1 Å². The van der Waals surface area contributed by atoms with Crippen LogP contribution in [0.1, 0.15) is 5.56 Å². The van der Waals surface area contributed by atoms with Gasteiger partial charge in [-0.1, -0.05) is 47.0 Å². The highest BCUT2D eigenvalue weighted by Gasteiger charge is 2.37. The average Bonchev–Trinajstić information content (AvgIpc) is 2.88. The standard InChI is InChI=1S/C24H23Cl2FN4O6S2/c1-15-5-7-16(8-6-15)39(35,36)37-22-20(31(24(28)32)19-4-2-3-18(27)21(19)26)10-9-17(25)23(22)38(33,34)30-13-11-29-12-14-30/h2-10,29H,11-14H2,1H3,(H2,28,32). The summed E-state index contributed by atoms with van der Waals surface area (Å²) < 4.78 is 75.3. The molecule has 0 unspecified atom stereocenters. The van der Waals surface area contributed by atoms with Crippen LogP contribution in [0.3, 0.4) is 0 Å². The number of nitrogens with two attached hydrogens (primary N) is 1. The summed E-state index contributed by atoms with van der Waals surface area (Å²) in [6.45, 7) is 2.53. The summed E-state index contributed by atoms with van der Waals surface area (Å²) in [6.07, 6.45) is 0. The first-order valence-corrected chi connectivity index (χ1v) is 15.0. The number of hydrogen-bond donors (Lipinski definition) is 2. The summed E-state index contributed by atoms with van der Waals surface area (Å²) in [5.74, 6) is -1.71. The van der Waals surface area contributed by atoms with Crippen LogP contribution in [-0.4, -0.2) is 53.4 Å². The van der Waals surface area contributed by atoms with E-state index in [1.165, 1.54) is 36.4 Å². The van der Waals surface area contributed by atoms with Gasteiger partial charge in [0.15, 0.2) is 5.75 Å². The molecule has 0 atom stereocenters. The number of carbonyl (C=O) groups is 1. The smallest absolute Gasteiger partial charge is 0.339 e. The molecule has 208 valence electrons. The highest BCUT2D eigenvalue weighted by Crippen LogP contribution is 2.46. The number of sulfonamides is 1. The van der Waals surface area contributed by atoms with E-state index in [-0.39, 0.29) is 28.7 Å². The number of hydrogen-bond acceptors (Lipinski definition) is 7. The molecule has 0 aromatic heterocycles. The van der Waals surface area contributed by atoms with Gasteiger partial charge >= 0.3 is 16.1 Å². The van der Waals surface area contributed by atoms with Crippen LogP contribution >= 0.6 is 23.2 Å². The highest BCUT2D eigenvalue weighted by molar-refractivity contribution is 7.89. The van der Waals surface area contributed by atoms with Gasteiger partial charge in [-0.05, 0) is 43.3 Å². The summed E-state index contributed by atoms with van der Waals surface area (Å²) >= 11 is 12.5. The lowest BCUT2D eigenvalue weighted by atomic mass is 10.2. The second-order valence-corrected chi connectivity index (χ2v) is 12.7. The van der Waals surface area contributed by atoms with E-state index in [4.69, 9.17) is 33.1 Å². The number of amides is 2. The maximum Gasteiger partial charge on any atom is 0.339 e. The van der Waals surface area contributed by atoms with Crippen LogP contribution in [0.25, 0.3) is 0 Å². The molecule has 4 rings (SSSR count). The number of carbonyl (C=O) groups excluding carboxylic acids is 1. The van der Waals surface area contributed by atoms with Gasteiger partial charge in [0.2, 0.25) is 10.0 Å². The zero-order valence-electron chi connectivity index (χ0n) is 20.4. The van der Waals surface area contributed by atoms with Gasteiger partial charge in [-0.2, -0.15) is 12.7 Å². The molecule has 2 amide bonds. The SMILES string of the molecule is Cc1ccc(S(=O)(=O)Oc2c(N(C(N)=O)c3cccc(F)c3Cl)ccc(Cl)c2S(=O)(=O)N2CCNCC2)cc1. The summed E-state index contributed by atoms with van der Waals surface area (Å²) in [7, 11) is -9.16. The van der Waals surface area contributed by atoms with Gasteiger partial charge in [0.25, 0.3) is 0 Å². The monoisotopic (exact) mass is 616 g/mol. The molecule has 0 bridgehead atoms. The van der Waals surface area contributed by atoms with E-state index in [1.54, 1.807) is 6.92 Å². The number of benzene rings is 3. The van der Waals surface area contributed by atoms with Gasteiger partial charge in [-0.25, -0.2) is 17.6 Å². The van der Waals surface area contributed by atoms with E-state index in [2.05, 4.69) is 5.32 Å². The summed E-state index contributed by atoms with van der Waals surface area (Å²) in [6, 6.07) is 10.2. The first-order valence-electron chi connectivity index (χ1n) is 11.4. The van der Waals surface area contributed by atoms with Crippen LogP contribution in [0.4, 0.5) is 20.6 Å². The highest BCUT2D eigenvalue weighted by atomic mass is 35.5. The molecular formula is C24H23Cl2FN4O6S2. The molecule has 1 heterocycles. The Hall–Kier alpha value is -2.94. The van der Waals surface area contributed by atoms with Crippen LogP contribution in [0.5, 0.6) is 5.75 Å². The van der Waals surface area contributed by atoms with E-state index in [1.807, 2.05) is 0 Å². The van der Waals surface area contributed by atoms with Crippen molar-refractivity contribution in [2.75, 3.05) is 31.1 Å². The quantitative estimate of drug-likeness (QED) is 0.382. The lowest BCUT2D eigenvalue weighted by Crippen LogP contribution is -2.46. The van der Waals surface area contributed by atoms with Crippen LogP contribution in [0.15, 0.2) is 64.4 Å². The van der Waals surface area contributed by atoms with E-state index in [9.17, 15) is 26.0 Å². The number of nitrogens with zero attached hydrogens (tertiary/aromatic N) is 2. The number of primary amides is 1. The van der Waals surface area contributed by atoms with E-state index >= 15 is 0 Å². The molecule has 0 spiro atoms. The lowest BCUT2D eigenvalue weighted by Gasteiger charge is -2.29. The van der Waals surface area contributed by atoms with Crippen molar-refractivity contribution in [3.05, 3.63) is 76.0 Å². The third kappa shape index (κ3) is 5.83. The van der Waals surface area contributed by atoms with Crippen LogP contribution in [0, 0.1) is 12.7 Å². The molecule has 1 aliphatic heterocycles. The second-order valence-electron chi connectivity index (χ2n) is 8.48. The predicted molar refractivity (Wildman–Crippen MR) is 145 cm³/mol. The molecule has 39 heavy (non-hydrogen) atoms. The van der Waals surface area contributed by atoms with E-state index < -0.39 is 53.3 Å². The largest absolute Gasteiger partial charge is 0.375 e.